The minimum atomic E-state index is -0.704. The van der Waals surface area contributed by atoms with Gasteiger partial charge in [0.05, 0.1) is 11.1 Å². The highest BCUT2D eigenvalue weighted by Crippen LogP contribution is 2.28. The Hall–Kier alpha value is -2.15. The minimum Gasteiger partial charge on any atom is -0.352 e. The fraction of sp³-hybridized carbons (Fsp3) is 0.417. The number of carbonyl (C=O) groups is 2. The molecule has 2 aromatic rings. The number of benzene rings is 2. The quantitative estimate of drug-likeness (QED) is 0.421. The molecule has 0 radical (unpaired) electrons. The van der Waals surface area contributed by atoms with Gasteiger partial charge < -0.3 is 16.0 Å². The first-order valence-corrected chi connectivity index (χ1v) is 11.6. The summed E-state index contributed by atoms with van der Waals surface area (Å²) in [5, 5.41) is 9.55. The van der Waals surface area contributed by atoms with Crippen molar-refractivity contribution >= 4 is 41.2 Å². The Bertz CT molecular complexity index is 951. The number of carbonyl (C=O) groups excluding carboxylic acids is 2. The molecule has 2 aromatic carbocycles. The molecule has 3 rings (SSSR count). The fourth-order valence-corrected chi connectivity index (χ4v) is 4.56. The number of hydrogen-bond acceptors (Lipinski definition) is 3. The van der Waals surface area contributed by atoms with E-state index in [1.807, 2.05) is 0 Å². The normalized spacial score (nSPS) is 16.2. The molecule has 0 aromatic heterocycles. The lowest BCUT2D eigenvalue weighted by molar-refractivity contribution is -0.124. The molecule has 5 nitrogen and oxygen atoms in total. The number of anilines is 1. The third-order valence-electron chi connectivity index (χ3n) is 6.00. The van der Waals surface area contributed by atoms with Crippen molar-refractivity contribution in [1.82, 2.24) is 10.6 Å². The molecule has 8 heteroatoms. The van der Waals surface area contributed by atoms with E-state index < -0.39 is 17.8 Å². The van der Waals surface area contributed by atoms with Crippen LogP contribution in [-0.4, -0.2) is 24.4 Å². The van der Waals surface area contributed by atoms with Gasteiger partial charge in [0.2, 0.25) is 12.3 Å². The summed E-state index contributed by atoms with van der Waals surface area (Å²) in [6, 6.07) is 9.37. The molecule has 1 fully saturated rings. The van der Waals surface area contributed by atoms with Gasteiger partial charge in [-0.25, -0.2) is 4.39 Å². The highest BCUT2D eigenvalue weighted by atomic mass is 35.5. The van der Waals surface area contributed by atoms with Crippen molar-refractivity contribution in [3.8, 4) is 0 Å². The van der Waals surface area contributed by atoms with E-state index in [-0.39, 0.29) is 23.5 Å². The van der Waals surface area contributed by atoms with Crippen LogP contribution in [0.15, 0.2) is 36.4 Å². The third kappa shape index (κ3) is 6.21. The van der Waals surface area contributed by atoms with Crippen LogP contribution in [0.1, 0.15) is 56.1 Å². The van der Waals surface area contributed by atoms with Crippen molar-refractivity contribution in [2.24, 2.45) is 0 Å². The van der Waals surface area contributed by atoms with Gasteiger partial charge in [0.25, 0.3) is 0 Å². The second kappa shape index (κ2) is 11.6. The van der Waals surface area contributed by atoms with Crippen LogP contribution in [-0.2, 0) is 16.1 Å². The summed E-state index contributed by atoms with van der Waals surface area (Å²) in [7, 11) is 0. The topological polar surface area (TPSA) is 70.2 Å². The average molecular weight is 480 g/mol. The predicted octanol–water partition coefficient (Wildman–Crippen LogP) is 5.41. The van der Waals surface area contributed by atoms with Gasteiger partial charge in [-0.2, -0.15) is 0 Å². The number of amides is 2. The molecule has 0 bridgehead atoms. The zero-order valence-electron chi connectivity index (χ0n) is 18.0. The van der Waals surface area contributed by atoms with E-state index in [1.165, 1.54) is 12.5 Å². The van der Waals surface area contributed by atoms with Gasteiger partial charge in [-0.15, -0.1) is 0 Å². The van der Waals surface area contributed by atoms with Gasteiger partial charge in [0, 0.05) is 29.2 Å². The SMILES string of the molecule is CC(c1cccc(Cl)c1F)[C@@H](NCc1ccc(Cl)cc1NC=O)C(=O)NC1CCCCC1. The smallest absolute Gasteiger partial charge is 0.237 e. The van der Waals surface area contributed by atoms with Crippen LogP contribution < -0.4 is 16.0 Å². The zero-order chi connectivity index (χ0) is 23.1. The minimum absolute atomic E-state index is 0.0240. The molecule has 0 heterocycles. The Balaban J connectivity index is 1.83. The van der Waals surface area contributed by atoms with Gasteiger partial charge in [-0.05, 0) is 42.2 Å². The fourth-order valence-electron chi connectivity index (χ4n) is 4.21. The van der Waals surface area contributed by atoms with Gasteiger partial charge in [-0.3, -0.25) is 9.59 Å². The molecule has 2 atom stereocenters. The molecule has 1 saturated carbocycles. The lowest BCUT2D eigenvalue weighted by Gasteiger charge is -2.29. The molecule has 1 unspecified atom stereocenters. The highest BCUT2D eigenvalue weighted by molar-refractivity contribution is 6.31. The third-order valence-corrected chi connectivity index (χ3v) is 6.53. The summed E-state index contributed by atoms with van der Waals surface area (Å²) in [6.45, 7) is 2.09. The van der Waals surface area contributed by atoms with Crippen LogP contribution in [0.3, 0.4) is 0 Å². The van der Waals surface area contributed by atoms with E-state index in [1.54, 1.807) is 37.3 Å². The Kier molecular flexibility index (Phi) is 8.91. The Morgan fingerprint density at radius 3 is 2.66 bits per heavy atom. The van der Waals surface area contributed by atoms with Crippen molar-refractivity contribution < 1.29 is 14.0 Å². The molecule has 0 aliphatic heterocycles. The molecule has 0 spiro atoms. The molecular weight excluding hydrogens is 452 g/mol. The Labute approximate surface area is 198 Å². The van der Waals surface area contributed by atoms with Crippen molar-refractivity contribution in [3.05, 3.63) is 63.4 Å². The maximum absolute atomic E-state index is 14.8. The van der Waals surface area contributed by atoms with Crippen LogP contribution in [0.5, 0.6) is 0 Å². The van der Waals surface area contributed by atoms with Crippen LogP contribution in [0, 0.1) is 5.82 Å². The van der Waals surface area contributed by atoms with E-state index in [0.29, 0.717) is 22.7 Å². The maximum Gasteiger partial charge on any atom is 0.237 e. The second-order valence-electron chi connectivity index (χ2n) is 8.20. The van der Waals surface area contributed by atoms with E-state index >= 15 is 0 Å². The first kappa shape index (κ1) is 24.5. The molecule has 0 saturated heterocycles. The van der Waals surface area contributed by atoms with E-state index in [9.17, 15) is 14.0 Å². The van der Waals surface area contributed by atoms with Crippen molar-refractivity contribution in [3.63, 3.8) is 0 Å². The number of rotatable bonds is 9. The summed E-state index contributed by atoms with van der Waals surface area (Å²) >= 11 is 12.0. The van der Waals surface area contributed by atoms with Crippen molar-refractivity contribution in [2.45, 2.75) is 63.6 Å². The predicted molar refractivity (Wildman–Crippen MR) is 127 cm³/mol. The summed E-state index contributed by atoms with van der Waals surface area (Å²) in [5.41, 5.74) is 1.68. The van der Waals surface area contributed by atoms with Crippen molar-refractivity contribution in [1.29, 1.82) is 0 Å². The number of hydrogen-bond donors (Lipinski definition) is 3. The lowest BCUT2D eigenvalue weighted by atomic mass is 9.90. The van der Waals surface area contributed by atoms with Gasteiger partial charge in [0.1, 0.15) is 5.82 Å². The summed E-state index contributed by atoms with van der Waals surface area (Å²) in [4.78, 5) is 24.3. The molecule has 1 aliphatic rings. The molecule has 3 N–H and O–H groups in total. The zero-order valence-corrected chi connectivity index (χ0v) is 19.5. The molecular formula is C24H28Cl2FN3O2. The van der Waals surface area contributed by atoms with Crippen LogP contribution >= 0.6 is 23.2 Å². The molecule has 2 amide bonds. The molecule has 172 valence electrons. The van der Waals surface area contributed by atoms with E-state index in [2.05, 4.69) is 16.0 Å². The summed E-state index contributed by atoms with van der Waals surface area (Å²) < 4.78 is 14.8. The Morgan fingerprint density at radius 1 is 1.19 bits per heavy atom. The van der Waals surface area contributed by atoms with Crippen LogP contribution in [0.25, 0.3) is 0 Å². The van der Waals surface area contributed by atoms with E-state index in [0.717, 1.165) is 31.2 Å². The first-order chi connectivity index (χ1) is 15.4. The summed E-state index contributed by atoms with van der Waals surface area (Å²) in [6.07, 6.45) is 5.83. The van der Waals surface area contributed by atoms with Gasteiger partial charge >= 0.3 is 0 Å². The second-order valence-corrected chi connectivity index (χ2v) is 9.04. The Morgan fingerprint density at radius 2 is 1.94 bits per heavy atom. The first-order valence-electron chi connectivity index (χ1n) is 10.9. The van der Waals surface area contributed by atoms with Crippen LogP contribution in [0.2, 0.25) is 10.0 Å². The largest absolute Gasteiger partial charge is 0.352 e. The monoisotopic (exact) mass is 479 g/mol. The maximum atomic E-state index is 14.8. The highest BCUT2D eigenvalue weighted by Gasteiger charge is 2.30. The summed E-state index contributed by atoms with van der Waals surface area (Å²) in [5.74, 6) is -1.18. The van der Waals surface area contributed by atoms with Crippen molar-refractivity contribution in [2.75, 3.05) is 5.32 Å². The molecule has 32 heavy (non-hydrogen) atoms. The van der Waals surface area contributed by atoms with Gasteiger partial charge in [-0.1, -0.05) is 67.6 Å². The van der Waals surface area contributed by atoms with Crippen LogP contribution in [0.4, 0.5) is 10.1 Å². The number of nitrogens with one attached hydrogen (secondary N) is 3. The average Bonchev–Trinajstić information content (AvgIpc) is 2.78. The van der Waals surface area contributed by atoms with E-state index in [4.69, 9.17) is 23.2 Å². The standard InChI is InChI=1S/C24H28Cl2FN3O2/c1-15(19-8-5-9-20(26)22(19)27)23(24(32)30-18-6-3-2-4-7-18)28-13-16-10-11-17(25)12-21(16)29-14-31/h5,8-12,14-15,18,23,28H,2-4,6-7,13H2,1H3,(H,29,31)(H,30,32)/t15?,23-/m1/s1. The lowest BCUT2D eigenvalue weighted by Crippen LogP contribution is -2.50. The molecule has 1 aliphatic carbocycles. The van der Waals surface area contributed by atoms with Gasteiger partial charge in [0.15, 0.2) is 0 Å². The number of halogens is 3.